The van der Waals surface area contributed by atoms with Crippen LogP contribution in [0.5, 0.6) is 5.75 Å². The van der Waals surface area contributed by atoms with Gasteiger partial charge < -0.3 is 15.0 Å². The normalized spacial score (nSPS) is 13.1. The minimum atomic E-state index is -0.216. The molecule has 1 saturated heterocycles. The van der Waals surface area contributed by atoms with Crippen LogP contribution < -0.4 is 10.1 Å². The summed E-state index contributed by atoms with van der Waals surface area (Å²) in [6.45, 7) is 2.18. The van der Waals surface area contributed by atoms with Gasteiger partial charge in [-0.05, 0) is 60.9 Å². The third-order valence-electron chi connectivity index (χ3n) is 5.38. The molecule has 0 saturated carbocycles. The number of anilines is 1. The molecule has 5 heteroatoms. The van der Waals surface area contributed by atoms with E-state index < -0.39 is 0 Å². The van der Waals surface area contributed by atoms with Crippen LogP contribution in [0, 0.1) is 0 Å². The van der Waals surface area contributed by atoms with Gasteiger partial charge >= 0.3 is 0 Å². The molecule has 0 spiro atoms. The second kappa shape index (κ2) is 9.94. The first-order valence-corrected chi connectivity index (χ1v) is 10.7. The van der Waals surface area contributed by atoms with E-state index in [2.05, 4.69) is 17.4 Å². The molecule has 4 rings (SSSR count). The number of carbonyl (C=O) groups excluding carboxylic acids is 2. The molecule has 1 fully saturated rings. The van der Waals surface area contributed by atoms with Gasteiger partial charge in [0.2, 0.25) is 0 Å². The molecule has 31 heavy (non-hydrogen) atoms. The molecular formula is C26H26N2O3. The third-order valence-corrected chi connectivity index (χ3v) is 5.38. The maximum absolute atomic E-state index is 12.6. The van der Waals surface area contributed by atoms with Crippen LogP contribution in [0.3, 0.4) is 0 Å². The molecule has 1 aliphatic heterocycles. The lowest BCUT2D eigenvalue weighted by atomic mass is 10.1. The second-order valence-electron chi connectivity index (χ2n) is 7.64. The predicted octanol–water partition coefficient (Wildman–Crippen LogP) is 4.80. The van der Waals surface area contributed by atoms with Crippen molar-refractivity contribution in [3.63, 3.8) is 0 Å². The number of amides is 2. The highest BCUT2D eigenvalue weighted by Crippen LogP contribution is 2.18. The fraction of sp³-hybridized carbons (Fsp3) is 0.231. The number of hydrogen-bond acceptors (Lipinski definition) is 3. The van der Waals surface area contributed by atoms with Gasteiger partial charge in [0.25, 0.3) is 11.8 Å². The molecule has 1 heterocycles. The van der Waals surface area contributed by atoms with Crippen LogP contribution in [0.15, 0.2) is 78.9 Å². The molecule has 1 N–H and O–H groups in total. The molecule has 3 aromatic rings. The Morgan fingerprint density at radius 3 is 2.32 bits per heavy atom. The Balaban J connectivity index is 1.33. The van der Waals surface area contributed by atoms with Crippen LogP contribution in [0.1, 0.15) is 39.1 Å². The molecule has 0 radical (unpaired) electrons. The van der Waals surface area contributed by atoms with Crippen molar-refractivity contribution in [3.8, 4) is 5.75 Å². The Morgan fingerprint density at radius 2 is 1.58 bits per heavy atom. The summed E-state index contributed by atoms with van der Waals surface area (Å²) in [5.41, 5.74) is 3.03. The van der Waals surface area contributed by atoms with Crippen molar-refractivity contribution in [3.05, 3.63) is 95.6 Å². The van der Waals surface area contributed by atoms with Crippen LogP contribution in [-0.4, -0.2) is 36.4 Å². The van der Waals surface area contributed by atoms with Crippen molar-refractivity contribution in [1.29, 1.82) is 0 Å². The highest BCUT2D eigenvalue weighted by Gasteiger charge is 2.19. The smallest absolute Gasteiger partial charge is 0.255 e. The van der Waals surface area contributed by atoms with Gasteiger partial charge in [0.1, 0.15) is 5.75 Å². The number of nitrogens with one attached hydrogen (secondary N) is 1. The van der Waals surface area contributed by atoms with Crippen molar-refractivity contribution >= 4 is 17.5 Å². The highest BCUT2D eigenvalue weighted by molar-refractivity contribution is 6.04. The zero-order valence-corrected chi connectivity index (χ0v) is 17.4. The van der Waals surface area contributed by atoms with Crippen molar-refractivity contribution in [2.45, 2.75) is 19.3 Å². The summed E-state index contributed by atoms with van der Waals surface area (Å²) in [4.78, 5) is 27.0. The number of carbonyl (C=O) groups is 2. The summed E-state index contributed by atoms with van der Waals surface area (Å²) in [5, 5.41) is 2.88. The van der Waals surface area contributed by atoms with E-state index in [0.717, 1.165) is 32.4 Å². The van der Waals surface area contributed by atoms with E-state index in [0.29, 0.717) is 29.2 Å². The Bertz CT molecular complexity index is 1030. The van der Waals surface area contributed by atoms with Gasteiger partial charge in [-0.25, -0.2) is 0 Å². The molecule has 0 bridgehead atoms. The van der Waals surface area contributed by atoms with Crippen molar-refractivity contribution in [1.82, 2.24) is 4.90 Å². The molecule has 1 aliphatic rings. The van der Waals surface area contributed by atoms with Gasteiger partial charge in [-0.2, -0.15) is 0 Å². The van der Waals surface area contributed by atoms with Crippen LogP contribution in [0.2, 0.25) is 0 Å². The van der Waals surface area contributed by atoms with Crippen LogP contribution in [-0.2, 0) is 6.42 Å². The summed E-state index contributed by atoms with van der Waals surface area (Å²) in [6, 6.07) is 24.4. The number of ether oxygens (including phenoxy) is 1. The number of hydrogen-bond donors (Lipinski definition) is 1. The van der Waals surface area contributed by atoms with Crippen LogP contribution >= 0.6 is 0 Å². The van der Waals surface area contributed by atoms with E-state index in [1.165, 1.54) is 5.56 Å². The standard InChI is InChI=1S/C26H26N2O3/c29-25(27-23-13-11-21(12-14-23)26(30)28-16-4-5-17-28)22-9-6-10-24(19-22)31-18-15-20-7-2-1-3-8-20/h1-3,6-14,19H,4-5,15-18H2,(H,27,29). The largest absolute Gasteiger partial charge is 0.493 e. The summed E-state index contributed by atoms with van der Waals surface area (Å²) in [6.07, 6.45) is 2.93. The summed E-state index contributed by atoms with van der Waals surface area (Å²) in [7, 11) is 0. The maximum Gasteiger partial charge on any atom is 0.255 e. The van der Waals surface area contributed by atoms with Gasteiger partial charge in [-0.1, -0.05) is 36.4 Å². The fourth-order valence-corrected chi connectivity index (χ4v) is 3.66. The van der Waals surface area contributed by atoms with Crippen molar-refractivity contribution < 1.29 is 14.3 Å². The lowest BCUT2D eigenvalue weighted by molar-refractivity contribution is 0.0792. The molecule has 0 aliphatic carbocycles. The van der Waals surface area contributed by atoms with E-state index in [-0.39, 0.29) is 11.8 Å². The minimum absolute atomic E-state index is 0.0516. The zero-order valence-electron chi connectivity index (χ0n) is 17.4. The first kappa shape index (κ1) is 20.7. The van der Waals surface area contributed by atoms with E-state index in [9.17, 15) is 9.59 Å². The number of benzene rings is 3. The SMILES string of the molecule is O=C(Nc1ccc(C(=O)N2CCCC2)cc1)c1cccc(OCCc2ccccc2)c1. The van der Waals surface area contributed by atoms with Crippen molar-refractivity contribution in [2.24, 2.45) is 0 Å². The molecule has 3 aromatic carbocycles. The Hall–Kier alpha value is -3.60. The summed E-state index contributed by atoms with van der Waals surface area (Å²) < 4.78 is 5.82. The quantitative estimate of drug-likeness (QED) is 0.604. The summed E-state index contributed by atoms with van der Waals surface area (Å²) in [5.74, 6) is 0.498. The Labute approximate surface area is 182 Å². The molecule has 0 atom stereocenters. The van der Waals surface area contributed by atoms with Crippen molar-refractivity contribution in [2.75, 3.05) is 25.0 Å². The molecule has 0 aromatic heterocycles. The van der Waals surface area contributed by atoms with Crippen LogP contribution in [0.4, 0.5) is 5.69 Å². The molecule has 0 unspecified atom stereocenters. The molecule has 2 amide bonds. The van der Waals surface area contributed by atoms with Gasteiger partial charge in [-0.15, -0.1) is 0 Å². The minimum Gasteiger partial charge on any atom is -0.493 e. The third kappa shape index (κ3) is 5.51. The topological polar surface area (TPSA) is 58.6 Å². The lowest BCUT2D eigenvalue weighted by Gasteiger charge is -2.15. The summed E-state index contributed by atoms with van der Waals surface area (Å²) >= 11 is 0. The van der Waals surface area contributed by atoms with Gasteiger partial charge in [0.15, 0.2) is 0 Å². The predicted molar refractivity (Wildman–Crippen MR) is 122 cm³/mol. The Kier molecular flexibility index (Phi) is 6.62. The lowest BCUT2D eigenvalue weighted by Crippen LogP contribution is -2.27. The highest BCUT2D eigenvalue weighted by atomic mass is 16.5. The zero-order chi connectivity index (χ0) is 21.5. The van der Waals surface area contributed by atoms with E-state index in [4.69, 9.17) is 4.74 Å². The van der Waals surface area contributed by atoms with Gasteiger partial charge in [0, 0.05) is 36.3 Å². The number of rotatable bonds is 7. The monoisotopic (exact) mass is 414 g/mol. The Morgan fingerprint density at radius 1 is 0.839 bits per heavy atom. The second-order valence-corrected chi connectivity index (χ2v) is 7.64. The molecular weight excluding hydrogens is 388 g/mol. The first-order valence-electron chi connectivity index (χ1n) is 10.7. The van der Waals surface area contributed by atoms with Gasteiger partial charge in [0.05, 0.1) is 6.61 Å². The maximum atomic E-state index is 12.6. The van der Waals surface area contributed by atoms with E-state index in [1.54, 1.807) is 36.4 Å². The number of likely N-dealkylation sites (tertiary alicyclic amines) is 1. The average molecular weight is 415 g/mol. The van der Waals surface area contributed by atoms with E-state index in [1.807, 2.05) is 35.2 Å². The first-order chi connectivity index (χ1) is 15.2. The number of nitrogens with zero attached hydrogens (tertiary/aromatic N) is 1. The van der Waals surface area contributed by atoms with Crippen LogP contribution in [0.25, 0.3) is 0 Å². The average Bonchev–Trinajstić information content (AvgIpc) is 3.35. The van der Waals surface area contributed by atoms with E-state index >= 15 is 0 Å². The molecule has 5 nitrogen and oxygen atoms in total. The molecule has 158 valence electrons. The fourth-order valence-electron chi connectivity index (χ4n) is 3.66. The van der Waals surface area contributed by atoms with Gasteiger partial charge in [-0.3, -0.25) is 9.59 Å².